The van der Waals surface area contributed by atoms with Crippen LogP contribution in [0.4, 0.5) is 0 Å². The lowest BCUT2D eigenvalue weighted by Gasteiger charge is -2.33. The molecule has 0 atom stereocenters. The Balaban J connectivity index is 1.40. The summed E-state index contributed by atoms with van der Waals surface area (Å²) in [6.45, 7) is 4.75. The number of hydrogen-bond donors (Lipinski definition) is 0. The van der Waals surface area contributed by atoms with Crippen molar-refractivity contribution in [1.82, 2.24) is 9.80 Å². The molecular weight excluding hydrogens is 356 g/mol. The standard InChI is InChI=1S/C22H30N2O4/c1-17-21(28-15-14-27-17)22(26)24-12-10-18(11-13-24)8-9-20(25)23(2)16-19-6-4-3-5-7-19/h3-7,18H,8-16H2,1-2H3. The number of ether oxygens (including phenoxy) is 2. The zero-order valence-corrected chi connectivity index (χ0v) is 16.9. The van der Waals surface area contributed by atoms with Crippen molar-refractivity contribution in [1.29, 1.82) is 0 Å². The number of rotatable bonds is 6. The molecule has 1 aromatic carbocycles. The SMILES string of the molecule is CC1=C(C(=O)N2CCC(CCC(=O)N(C)Cc3ccccc3)CC2)OCCO1. The smallest absolute Gasteiger partial charge is 0.292 e. The topological polar surface area (TPSA) is 59.1 Å². The number of allylic oxidation sites excluding steroid dienone is 1. The fraction of sp³-hybridized carbons (Fsp3) is 0.545. The van der Waals surface area contributed by atoms with Crippen LogP contribution in [-0.4, -0.2) is 55.0 Å². The predicted octanol–water partition coefficient (Wildman–Crippen LogP) is 2.94. The Morgan fingerprint density at radius 3 is 2.46 bits per heavy atom. The second-order valence-corrected chi connectivity index (χ2v) is 7.59. The number of carbonyl (C=O) groups is 2. The molecule has 152 valence electrons. The summed E-state index contributed by atoms with van der Waals surface area (Å²) in [5.41, 5.74) is 1.14. The van der Waals surface area contributed by atoms with Crippen molar-refractivity contribution in [2.75, 3.05) is 33.4 Å². The van der Waals surface area contributed by atoms with Crippen LogP contribution in [0.15, 0.2) is 41.9 Å². The third kappa shape index (κ3) is 5.27. The number of amides is 2. The maximum Gasteiger partial charge on any atom is 0.292 e. The quantitative estimate of drug-likeness (QED) is 0.754. The van der Waals surface area contributed by atoms with Crippen LogP contribution in [0.5, 0.6) is 0 Å². The first-order valence-corrected chi connectivity index (χ1v) is 10.1. The average Bonchev–Trinajstić information content (AvgIpc) is 2.73. The molecule has 2 heterocycles. The normalized spacial score (nSPS) is 17.7. The zero-order valence-electron chi connectivity index (χ0n) is 16.9. The minimum absolute atomic E-state index is 0.0747. The predicted molar refractivity (Wildman–Crippen MR) is 106 cm³/mol. The molecule has 3 rings (SSSR count). The van der Waals surface area contributed by atoms with Gasteiger partial charge in [0.1, 0.15) is 19.0 Å². The Labute approximate surface area is 167 Å². The second-order valence-electron chi connectivity index (χ2n) is 7.59. The van der Waals surface area contributed by atoms with E-state index < -0.39 is 0 Å². The summed E-state index contributed by atoms with van der Waals surface area (Å²) in [6, 6.07) is 10.0. The van der Waals surface area contributed by atoms with Crippen molar-refractivity contribution in [2.45, 2.75) is 39.2 Å². The number of nitrogens with zero attached hydrogens (tertiary/aromatic N) is 2. The van der Waals surface area contributed by atoms with E-state index in [9.17, 15) is 9.59 Å². The van der Waals surface area contributed by atoms with E-state index in [1.807, 2.05) is 42.3 Å². The van der Waals surface area contributed by atoms with E-state index in [4.69, 9.17) is 9.47 Å². The molecule has 1 aromatic rings. The molecule has 6 heteroatoms. The number of piperidine rings is 1. The second kappa shape index (κ2) is 9.62. The van der Waals surface area contributed by atoms with Crippen LogP contribution in [0.3, 0.4) is 0 Å². The van der Waals surface area contributed by atoms with E-state index >= 15 is 0 Å². The Bertz CT molecular complexity index is 709. The van der Waals surface area contributed by atoms with Crippen LogP contribution in [0, 0.1) is 5.92 Å². The fourth-order valence-electron chi connectivity index (χ4n) is 3.75. The van der Waals surface area contributed by atoms with Gasteiger partial charge in [-0.05, 0) is 37.7 Å². The molecule has 1 saturated heterocycles. The van der Waals surface area contributed by atoms with E-state index in [2.05, 4.69) is 0 Å². The fourth-order valence-corrected chi connectivity index (χ4v) is 3.75. The van der Waals surface area contributed by atoms with Gasteiger partial charge < -0.3 is 19.3 Å². The summed E-state index contributed by atoms with van der Waals surface area (Å²) in [6.07, 6.45) is 3.29. The van der Waals surface area contributed by atoms with Gasteiger partial charge in [-0.1, -0.05) is 30.3 Å². The van der Waals surface area contributed by atoms with Crippen molar-refractivity contribution in [3.8, 4) is 0 Å². The van der Waals surface area contributed by atoms with Gasteiger partial charge in [-0.3, -0.25) is 9.59 Å². The van der Waals surface area contributed by atoms with Crippen molar-refractivity contribution in [2.24, 2.45) is 5.92 Å². The van der Waals surface area contributed by atoms with Crippen LogP contribution in [0.25, 0.3) is 0 Å². The highest BCUT2D eigenvalue weighted by molar-refractivity contribution is 5.92. The molecule has 0 aromatic heterocycles. The van der Waals surface area contributed by atoms with E-state index in [0.29, 0.717) is 56.7 Å². The molecule has 0 N–H and O–H groups in total. The average molecular weight is 386 g/mol. The number of likely N-dealkylation sites (tertiary alicyclic amines) is 1. The molecule has 6 nitrogen and oxygen atoms in total. The van der Waals surface area contributed by atoms with Gasteiger partial charge in [0.2, 0.25) is 11.7 Å². The number of carbonyl (C=O) groups excluding carboxylic acids is 2. The molecule has 0 aliphatic carbocycles. The lowest BCUT2D eigenvalue weighted by molar-refractivity contribution is -0.135. The molecule has 0 spiro atoms. The zero-order chi connectivity index (χ0) is 19.9. The summed E-state index contributed by atoms with van der Waals surface area (Å²) < 4.78 is 10.9. The maximum absolute atomic E-state index is 12.6. The molecule has 2 aliphatic rings. The third-order valence-corrected chi connectivity index (χ3v) is 5.52. The van der Waals surface area contributed by atoms with Gasteiger partial charge >= 0.3 is 0 Å². The van der Waals surface area contributed by atoms with Gasteiger partial charge in [0.15, 0.2) is 0 Å². The highest BCUT2D eigenvalue weighted by Crippen LogP contribution is 2.25. The Kier molecular flexibility index (Phi) is 6.95. The first kappa shape index (κ1) is 20.2. The van der Waals surface area contributed by atoms with E-state index in [0.717, 1.165) is 24.8 Å². The minimum atomic E-state index is -0.0747. The van der Waals surface area contributed by atoms with Gasteiger partial charge in [-0.25, -0.2) is 0 Å². The van der Waals surface area contributed by atoms with Crippen LogP contribution in [0.2, 0.25) is 0 Å². The lowest BCUT2D eigenvalue weighted by atomic mass is 9.92. The van der Waals surface area contributed by atoms with E-state index in [-0.39, 0.29) is 11.8 Å². The van der Waals surface area contributed by atoms with Crippen molar-refractivity contribution in [3.05, 3.63) is 47.4 Å². The first-order chi connectivity index (χ1) is 13.5. The lowest BCUT2D eigenvalue weighted by Crippen LogP contribution is -2.41. The van der Waals surface area contributed by atoms with Crippen LogP contribution >= 0.6 is 0 Å². The van der Waals surface area contributed by atoms with E-state index in [1.54, 1.807) is 11.8 Å². The van der Waals surface area contributed by atoms with Gasteiger partial charge in [-0.2, -0.15) is 0 Å². The monoisotopic (exact) mass is 386 g/mol. The Morgan fingerprint density at radius 1 is 1.11 bits per heavy atom. The van der Waals surface area contributed by atoms with Crippen LogP contribution < -0.4 is 0 Å². The van der Waals surface area contributed by atoms with Gasteiger partial charge in [-0.15, -0.1) is 0 Å². The largest absolute Gasteiger partial charge is 0.491 e. The van der Waals surface area contributed by atoms with Gasteiger partial charge in [0, 0.05) is 33.1 Å². The minimum Gasteiger partial charge on any atom is -0.491 e. The molecule has 0 saturated carbocycles. The molecular formula is C22H30N2O4. The van der Waals surface area contributed by atoms with Gasteiger partial charge in [0.05, 0.1) is 0 Å². The first-order valence-electron chi connectivity index (χ1n) is 10.1. The number of benzene rings is 1. The molecule has 2 amide bonds. The van der Waals surface area contributed by atoms with Crippen molar-refractivity contribution in [3.63, 3.8) is 0 Å². The Hall–Kier alpha value is -2.50. The molecule has 0 unspecified atom stereocenters. The Morgan fingerprint density at radius 2 is 1.79 bits per heavy atom. The third-order valence-electron chi connectivity index (χ3n) is 5.52. The van der Waals surface area contributed by atoms with Gasteiger partial charge in [0.25, 0.3) is 5.91 Å². The van der Waals surface area contributed by atoms with Crippen molar-refractivity contribution >= 4 is 11.8 Å². The summed E-state index contributed by atoms with van der Waals surface area (Å²) in [5, 5.41) is 0. The molecule has 0 radical (unpaired) electrons. The summed E-state index contributed by atoms with van der Waals surface area (Å²) in [5.74, 6) is 1.51. The number of hydrogen-bond acceptors (Lipinski definition) is 4. The molecule has 28 heavy (non-hydrogen) atoms. The molecule has 2 aliphatic heterocycles. The maximum atomic E-state index is 12.6. The molecule has 1 fully saturated rings. The van der Waals surface area contributed by atoms with E-state index in [1.165, 1.54) is 0 Å². The highest BCUT2D eigenvalue weighted by Gasteiger charge is 2.29. The summed E-state index contributed by atoms with van der Waals surface area (Å²) in [7, 11) is 1.86. The van der Waals surface area contributed by atoms with Crippen LogP contribution in [0.1, 0.15) is 38.2 Å². The summed E-state index contributed by atoms with van der Waals surface area (Å²) in [4.78, 5) is 28.7. The van der Waals surface area contributed by atoms with Crippen molar-refractivity contribution < 1.29 is 19.1 Å². The van der Waals surface area contributed by atoms with Crippen LogP contribution in [-0.2, 0) is 25.6 Å². The summed E-state index contributed by atoms with van der Waals surface area (Å²) >= 11 is 0. The molecule has 0 bridgehead atoms. The highest BCUT2D eigenvalue weighted by atomic mass is 16.6.